The lowest BCUT2D eigenvalue weighted by Gasteiger charge is -2.21. The van der Waals surface area contributed by atoms with Gasteiger partial charge in [0.1, 0.15) is 18.6 Å². The van der Waals surface area contributed by atoms with Gasteiger partial charge in [-0.1, -0.05) is 0 Å². The van der Waals surface area contributed by atoms with Crippen molar-refractivity contribution in [1.29, 1.82) is 0 Å². The van der Waals surface area contributed by atoms with Gasteiger partial charge in [-0.2, -0.15) is 11.8 Å². The summed E-state index contributed by atoms with van der Waals surface area (Å²) in [5, 5.41) is 24.0. The minimum atomic E-state index is -1.42. The van der Waals surface area contributed by atoms with Gasteiger partial charge in [0.15, 0.2) is 0 Å². The van der Waals surface area contributed by atoms with Crippen LogP contribution in [0.1, 0.15) is 19.8 Å². The number of hydrogen-bond donors (Lipinski definition) is 6. The molecule has 0 heterocycles. The number of amides is 3. The number of carboxylic acid groups (broad SMARTS) is 2. The summed E-state index contributed by atoms with van der Waals surface area (Å²) in [7, 11) is 0. The van der Waals surface area contributed by atoms with Crippen molar-refractivity contribution in [2.75, 3.05) is 18.6 Å². The van der Waals surface area contributed by atoms with E-state index in [2.05, 4.69) is 16.0 Å². The Balaban J connectivity index is 4.82. The van der Waals surface area contributed by atoms with Crippen LogP contribution in [-0.4, -0.2) is 76.6 Å². The van der Waals surface area contributed by atoms with E-state index in [0.717, 1.165) is 0 Å². The topological polar surface area (TPSA) is 188 Å². The molecule has 0 aromatic carbocycles. The minimum Gasteiger partial charge on any atom is -0.481 e. The smallest absolute Gasteiger partial charge is 0.322 e. The summed E-state index contributed by atoms with van der Waals surface area (Å²) < 4.78 is 0. The molecule has 0 spiro atoms. The molecule has 12 heteroatoms. The van der Waals surface area contributed by atoms with Crippen LogP contribution in [0.15, 0.2) is 0 Å². The second-order valence-electron chi connectivity index (χ2n) is 5.39. The molecule has 0 aromatic heterocycles. The van der Waals surface area contributed by atoms with Crippen LogP contribution in [0, 0.1) is 0 Å². The van der Waals surface area contributed by atoms with Gasteiger partial charge in [-0.05, 0) is 25.4 Å². The monoisotopic (exact) mass is 392 g/mol. The highest BCUT2D eigenvalue weighted by atomic mass is 32.2. The Labute approximate surface area is 154 Å². The molecule has 0 aromatic rings. The SMILES string of the molecule is CSCCC(N)C(=O)NC(CC(=O)O)C(=O)NC(C)C(=O)NCC(=O)O. The van der Waals surface area contributed by atoms with Crippen molar-refractivity contribution in [1.82, 2.24) is 16.0 Å². The summed E-state index contributed by atoms with van der Waals surface area (Å²) in [5.41, 5.74) is 5.68. The molecule has 26 heavy (non-hydrogen) atoms. The Bertz CT molecular complexity index is 543. The van der Waals surface area contributed by atoms with E-state index >= 15 is 0 Å². The molecule has 0 aliphatic rings. The number of thioether (sulfide) groups is 1. The van der Waals surface area contributed by atoms with Crippen LogP contribution in [0.5, 0.6) is 0 Å². The molecule has 7 N–H and O–H groups in total. The van der Waals surface area contributed by atoms with Crippen molar-refractivity contribution in [3.05, 3.63) is 0 Å². The Morgan fingerprint density at radius 1 is 1.00 bits per heavy atom. The van der Waals surface area contributed by atoms with E-state index in [-0.39, 0.29) is 0 Å². The molecule has 0 radical (unpaired) electrons. The molecule has 0 fully saturated rings. The first-order chi connectivity index (χ1) is 12.1. The Morgan fingerprint density at radius 2 is 1.62 bits per heavy atom. The minimum absolute atomic E-state index is 0.350. The summed E-state index contributed by atoms with van der Waals surface area (Å²) >= 11 is 1.48. The van der Waals surface area contributed by atoms with Crippen molar-refractivity contribution in [3.63, 3.8) is 0 Å². The molecule has 0 saturated carbocycles. The molecule has 3 atom stereocenters. The van der Waals surface area contributed by atoms with Crippen molar-refractivity contribution in [2.24, 2.45) is 5.73 Å². The van der Waals surface area contributed by atoms with Crippen molar-refractivity contribution < 1.29 is 34.2 Å². The zero-order chi connectivity index (χ0) is 20.3. The quantitative estimate of drug-likeness (QED) is 0.213. The largest absolute Gasteiger partial charge is 0.481 e. The van der Waals surface area contributed by atoms with E-state index in [9.17, 15) is 24.0 Å². The normalized spacial score (nSPS) is 13.8. The number of nitrogens with one attached hydrogen (secondary N) is 3. The summed E-state index contributed by atoms with van der Waals surface area (Å²) in [4.78, 5) is 57.1. The standard InChI is InChI=1S/C14H24N4O7S/c1-7(12(23)16-6-11(21)22)17-14(25)9(5-10(19)20)18-13(24)8(15)3-4-26-2/h7-9H,3-6,15H2,1-2H3,(H,16,23)(H,17,25)(H,18,24)(H,19,20)(H,21,22). The number of carbonyl (C=O) groups is 5. The molecule has 0 aliphatic heterocycles. The van der Waals surface area contributed by atoms with E-state index in [1.165, 1.54) is 18.7 Å². The van der Waals surface area contributed by atoms with E-state index in [4.69, 9.17) is 15.9 Å². The summed E-state index contributed by atoms with van der Waals surface area (Å²) in [6.07, 6.45) is 1.49. The Morgan fingerprint density at radius 3 is 2.12 bits per heavy atom. The maximum atomic E-state index is 12.2. The average molecular weight is 392 g/mol. The zero-order valence-corrected chi connectivity index (χ0v) is 15.3. The molecule has 3 unspecified atom stereocenters. The molecule has 0 saturated heterocycles. The summed E-state index contributed by atoms with van der Waals surface area (Å²) in [5.74, 6) is -4.30. The number of carbonyl (C=O) groups excluding carboxylic acids is 3. The second-order valence-corrected chi connectivity index (χ2v) is 6.37. The summed E-state index contributed by atoms with van der Waals surface area (Å²) in [6, 6.07) is -3.45. The molecule has 0 rings (SSSR count). The van der Waals surface area contributed by atoms with Gasteiger partial charge >= 0.3 is 11.9 Å². The first-order valence-electron chi connectivity index (χ1n) is 7.65. The van der Waals surface area contributed by atoms with Gasteiger partial charge in [0.25, 0.3) is 0 Å². The van der Waals surface area contributed by atoms with Gasteiger partial charge in [-0.15, -0.1) is 0 Å². The second kappa shape index (κ2) is 12.1. The fourth-order valence-corrected chi connectivity index (χ4v) is 2.22. The van der Waals surface area contributed by atoms with Gasteiger partial charge in [0, 0.05) is 0 Å². The van der Waals surface area contributed by atoms with E-state index in [0.29, 0.717) is 12.2 Å². The van der Waals surface area contributed by atoms with Crippen LogP contribution in [0.2, 0.25) is 0 Å². The van der Waals surface area contributed by atoms with Gasteiger partial charge in [-0.3, -0.25) is 24.0 Å². The summed E-state index contributed by atoms with van der Waals surface area (Å²) in [6.45, 7) is 0.664. The van der Waals surface area contributed by atoms with Crippen molar-refractivity contribution in [2.45, 2.75) is 37.9 Å². The maximum absolute atomic E-state index is 12.2. The van der Waals surface area contributed by atoms with E-state index < -0.39 is 60.8 Å². The highest BCUT2D eigenvalue weighted by Gasteiger charge is 2.28. The molecular weight excluding hydrogens is 368 g/mol. The lowest BCUT2D eigenvalue weighted by atomic mass is 10.1. The predicted molar refractivity (Wildman–Crippen MR) is 93.4 cm³/mol. The Hall–Kier alpha value is -2.34. The number of aliphatic carboxylic acids is 2. The first-order valence-corrected chi connectivity index (χ1v) is 9.04. The van der Waals surface area contributed by atoms with Crippen LogP contribution in [0.25, 0.3) is 0 Å². The predicted octanol–water partition coefficient (Wildman–Crippen LogP) is -2.27. The van der Waals surface area contributed by atoms with Gasteiger partial charge < -0.3 is 31.9 Å². The lowest BCUT2D eigenvalue weighted by molar-refractivity contribution is -0.141. The fraction of sp³-hybridized carbons (Fsp3) is 0.643. The van der Waals surface area contributed by atoms with Crippen LogP contribution in [0.3, 0.4) is 0 Å². The highest BCUT2D eigenvalue weighted by Crippen LogP contribution is 2.01. The molecule has 0 aliphatic carbocycles. The number of nitrogens with two attached hydrogens (primary N) is 1. The third kappa shape index (κ3) is 9.84. The van der Waals surface area contributed by atoms with Gasteiger partial charge in [0.05, 0.1) is 12.5 Å². The molecule has 3 amide bonds. The average Bonchev–Trinajstić information content (AvgIpc) is 2.55. The maximum Gasteiger partial charge on any atom is 0.322 e. The first kappa shape index (κ1) is 23.7. The van der Waals surface area contributed by atoms with E-state index in [1.54, 1.807) is 0 Å². The molecular formula is C14H24N4O7S. The third-order valence-corrected chi connectivity index (χ3v) is 3.79. The third-order valence-electron chi connectivity index (χ3n) is 3.15. The van der Waals surface area contributed by atoms with Crippen LogP contribution < -0.4 is 21.7 Å². The van der Waals surface area contributed by atoms with Crippen LogP contribution in [-0.2, 0) is 24.0 Å². The Kier molecular flexibility index (Phi) is 11.0. The number of hydrogen-bond acceptors (Lipinski definition) is 7. The number of carboxylic acids is 2. The molecule has 148 valence electrons. The fourth-order valence-electron chi connectivity index (χ4n) is 1.73. The van der Waals surface area contributed by atoms with E-state index in [1.807, 2.05) is 6.26 Å². The van der Waals surface area contributed by atoms with Crippen molar-refractivity contribution in [3.8, 4) is 0 Å². The molecule has 11 nitrogen and oxygen atoms in total. The molecule has 0 bridgehead atoms. The highest BCUT2D eigenvalue weighted by molar-refractivity contribution is 7.98. The van der Waals surface area contributed by atoms with Crippen LogP contribution in [0.4, 0.5) is 0 Å². The van der Waals surface area contributed by atoms with Gasteiger partial charge in [-0.25, -0.2) is 0 Å². The lowest BCUT2D eigenvalue weighted by Crippen LogP contribution is -2.55. The zero-order valence-electron chi connectivity index (χ0n) is 14.5. The number of rotatable bonds is 12. The van der Waals surface area contributed by atoms with Crippen molar-refractivity contribution >= 4 is 41.4 Å². The van der Waals surface area contributed by atoms with Crippen LogP contribution >= 0.6 is 11.8 Å². The van der Waals surface area contributed by atoms with Gasteiger partial charge in [0.2, 0.25) is 17.7 Å².